The summed E-state index contributed by atoms with van der Waals surface area (Å²) < 4.78 is 0. The van der Waals surface area contributed by atoms with Crippen LogP contribution in [0, 0.1) is 5.92 Å². The molecule has 0 radical (unpaired) electrons. The summed E-state index contributed by atoms with van der Waals surface area (Å²) in [6.45, 7) is 10.2. The first-order chi connectivity index (χ1) is 7.06. The van der Waals surface area contributed by atoms with Gasteiger partial charge in [0, 0.05) is 5.92 Å². The molecule has 0 heterocycles. The van der Waals surface area contributed by atoms with Crippen LogP contribution in [0.15, 0.2) is 28.5 Å². The monoisotopic (exact) mass is 207 g/mol. The van der Waals surface area contributed by atoms with E-state index in [9.17, 15) is 0 Å². The molecule has 1 atom stereocenters. The number of rotatable bonds is 4. The maximum absolute atomic E-state index is 8.60. The van der Waals surface area contributed by atoms with Gasteiger partial charge in [0.1, 0.15) is 0 Å². The number of allylic oxidation sites excluding steroid dienone is 3. The second-order valence-electron chi connectivity index (χ2n) is 4.58. The topological polar surface area (TPSA) is 32.6 Å². The third-order valence-electron chi connectivity index (χ3n) is 3.30. The third kappa shape index (κ3) is 2.95. The van der Waals surface area contributed by atoms with Crippen molar-refractivity contribution in [2.45, 2.75) is 46.5 Å². The van der Waals surface area contributed by atoms with E-state index in [0.29, 0.717) is 5.92 Å². The molecule has 0 aromatic carbocycles. The van der Waals surface area contributed by atoms with Crippen LogP contribution in [-0.2, 0) is 0 Å². The van der Waals surface area contributed by atoms with Crippen LogP contribution < -0.4 is 0 Å². The van der Waals surface area contributed by atoms with Gasteiger partial charge in [-0.1, -0.05) is 28.5 Å². The summed E-state index contributed by atoms with van der Waals surface area (Å²) in [5.41, 5.74) is 5.10. The van der Waals surface area contributed by atoms with Crippen LogP contribution in [0.4, 0.5) is 0 Å². The van der Waals surface area contributed by atoms with Gasteiger partial charge in [-0.25, -0.2) is 0 Å². The zero-order chi connectivity index (χ0) is 11.4. The number of oxime groups is 1. The first-order valence-corrected chi connectivity index (χ1v) is 5.57. The molecular weight excluding hydrogens is 186 g/mol. The molecule has 1 aliphatic rings. The van der Waals surface area contributed by atoms with Crippen LogP contribution in [0.5, 0.6) is 0 Å². The molecule has 2 nitrogen and oxygen atoms in total. The van der Waals surface area contributed by atoms with Gasteiger partial charge < -0.3 is 5.21 Å². The third-order valence-corrected chi connectivity index (χ3v) is 3.30. The van der Waals surface area contributed by atoms with Gasteiger partial charge in [0.25, 0.3) is 0 Å². The van der Waals surface area contributed by atoms with Crippen molar-refractivity contribution in [1.82, 2.24) is 0 Å². The van der Waals surface area contributed by atoms with Crippen molar-refractivity contribution in [3.63, 3.8) is 0 Å². The second-order valence-corrected chi connectivity index (χ2v) is 4.58. The van der Waals surface area contributed by atoms with E-state index in [1.807, 2.05) is 6.92 Å². The molecule has 0 fully saturated rings. The lowest BCUT2D eigenvalue weighted by molar-refractivity contribution is 0.317. The Morgan fingerprint density at radius 2 is 2.20 bits per heavy atom. The minimum absolute atomic E-state index is 0.566. The zero-order valence-corrected chi connectivity index (χ0v) is 10.0. The van der Waals surface area contributed by atoms with Crippen LogP contribution in [0.25, 0.3) is 0 Å². The predicted octanol–water partition coefficient (Wildman–Crippen LogP) is 3.92. The van der Waals surface area contributed by atoms with Crippen molar-refractivity contribution in [2.24, 2.45) is 11.1 Å². The number of hydrogen-bond acceptors (Lipinski definition) is 2. The summed E-state index contributed by atoms with van der Waals surface area (Å²) >= 11 is 0. The maximum Gasteiger partial charge on any atom is 0.0543 e. The Hall–Kier alpha value is -1.05. The average molecular weight is 207 g/mol. The Balaban J connectivity index is 2.65. The molecule has 15 heavy (non-hydrogen) atoms. The van der Waals surface area contributed by atoms with Gasteiger partial charge in [-0.2, -0.15) is 0 Å². The highest BCUT2D eigenvalue weighted by Crippen LogP contribution is 2.38. The van der Waals surface area contributed by atoms with E-state index in [1.54, 1.807) is 0 Å². The normalized spacial score (nSPS) is 22.3. The molecule has 0 aromatic rings. The van der Waals surface area contributed by atoms with E-state index in [2.05, 4.69) is 25.6 Å². The molecule has 0 saturated carbocycles. The van der Waals surface area contributed by atoms with E-state index in [1.165, 1.54) is 29.6 Å². The Morgan fingerprint density at radius 3 is 2.73 bits per heavy atom. The summed E-state index contributed by atoms with van der Waals surface area (Å²) in [7, 11) is 0. The molecule has 0 unspecified atom stereocenters. The van der Waals surface area contributed by atoms with Gasteiger partial charge in [0.15, 0.2) is 0 Å². The Labute approximate surface area is 92.4 Å². The summed E-state index contributed by atoms with van der Waals surface area (Å²) in [6.07, 6.45) is 4.28. The van der Waals surface area contributed by atoms with E-state index >= 15 is 0 Å². The quantitative estimate of drug-likeness (QED) is 0.322. The standard InChI is InChI=1S/C13H21NO/c1-9(2)12-7-5-10(3)13(12)8-6-11(4)14-15/h12,15H,1,5-8H2,2-4H3/b14-11+/t12-/m0/s1. The fourth-order valence-electron chi connectivity index (χ4n) is 2.29. The molecule has 0 spiro atoms. The highest BCUT2D eigenvalue weighted by molar-refractivity contribution is 5.81. The lowest BCUT2D eigenvalue weighted by Crippen LogP contribution is -2.03. The average Bonchev–Trinajstić information content (AvgIpc) is 2.56. The van der Waals surface area contributed by atoms with E-state index < -0.39 is 0 Å². The lowest BCUT2D eigenvalue weighted by atomic mass is 9.90. The molecule has 0 amide bonds. The van der Waals surface area contributed by atoms with Crippen LogP contribution in [-0.4, -0.2) is 10.9 Å². The van der Waals surface area contributed by atoms with E-state index in [0.717, 1.165) is 18.6 Å². The van der Waals surface area contributed by atoms with Gasteiger partial charge in [0.05, 0.1) is 5.71 Å². The smallest absolute Gasteiger partial charge is 0.0543 e. The van der Waals surface area contributed by atoms with Crippen molar-refractivity contribution in [3.05, 3.63) is 23.3 Å². The number of nitrogens with zero attached hydrogens (tertiary/aromatic N) is 1. The molecular formula is C13H21NO. The Morgan fingerprint density at radius 1 is 1.53 bits per heavy atom. The fourth-order valence-corrected chi connectivity index (χ4v) is 2.29. The predicted molar refractivity (Wildman–Crippen MR) is 64.4 cm³/mol. The Bertz CT molecular complexity index is 312. The van der Waals surface area contributed by atoms with Crippen molar-refractivity contribution in [1.29, 1.82) is 0 Å². The molecule has 1 N–H and O–H groups in total. The zero-order valence-electron chi connectivity index (χ0n) is 10.0. The fraction of sp³-hybridized carbons (Fsp3) is 0.615. The Kier molecular flexibility index (Phi) is 4.13. The largest absolute Gasteiger partial charge is 0.411 e. The maximum atomic E-state index is 8.60. The molecule has 84 valence electrons. The van der Waals surface area contributed by atoms with Crippen molar-refractivity contribution in [3.8, 4) is 0 Å². The minimum Gasteiger partial charge on any atom is -0.411 e. The van der Waals surface area contributed by atoms with Crippen LogP contribution >= 0.6 is 0 Å². The summed E-state index contributed by atoms with van der Waals surface area (Å²) in [4.78, 5) is 0. The van der Waals surface area contributed by atoms with Gasteiger partial charge in [-0.15, -0.1) is 0 Å². The lowest BCUT2D eigenvalue weighted by Gasteiger charge is -2.15. The van der Waals surface area contributed by atoms with Crippen LogP contribution in [0.2, 0.25) is 0 Å². The highest BCUT2D eigenvalue weighted by Gasteiger charge is 2.23. The molecule has 0 saturated heterocycles. The van der Waals surface area contributed by atoms with Gasteiger partial charge in [-0.05, 0) is 46.5 Å². The van der Waals surface area contributed by atoms with Gasteiger partial charge in [-0.3, -0.25) is 0 Å². The number of hydrogen-bond donors (Lipinski definition) is 1. The SMILES string of the molecule is C=C(C)[C@@H]1CCC(C)=C1CC/C(C)=N/O. The second kappa shape index (κ2) is 5.15. The molecule has 1 rings (SSSR count). The van der Waals surface area contributed by atoms with Crippen LogP contribution in [0.3, 0.4) is 0 Å². The van der Waals surface area contributed by atoms with Crippen molar-refractivity contribution in [2.75, 3.05) is 0 Å². The minimum atomic E-state index is 0.566. The summed E-state index contributed by atoms with van der Waals surface area (Å²) in [5, 5.41) is 11.8. The van der Waals surface area contributed by atoms with E-state index in [4.69, 9.17) is 5.21 Å². The summed E-state index contributed by atoms with van der Waals surface area (Å²) in [5.74, 6) is 0.566. The molecule has 0 aromatic heterocycles. The summed E-state index contributed by atoms with van der Waals surface area (Å²) in [6, 6.07) is 0. The van der Waals surface area contributed by atoms with Gasteiger partial charge >= 0.3 is 0 Å². The highest BCUT2D eigenvalue weighted by atomic mass is 16.4. The first kappa shape index (κ1) is 12.0. The molecule has 2 heteroatoms. The van der Waals surface area contributed by atoms with Gasteiger partial charge in [0.2, 0.25) is 0 Å². The first-order valence-electron chi connectivity index (χ1n) is 5.57. The van der Waals surface area contributed by atoms with E-state index in [-0.39, 0.29) is 0 Å². The molecule has 0 bridgehead atoms. The van der Waals surface area contributed by atoms with Crippen molar-refractivity contribution < 1.29 is 5.21 Å². The van der Waals surface area contributed by atoms with Crippen molar-refractivity contribution >= 4 is 5.71 Å². The molecule has 0 aliphatic heterocycles. The van der Waals surface area contributed by atoms with Crippen LogP contribution in [0.1, 0.15) is 46.5 Å². The molecule has 1 aliphatic carbocycles.